The Labute approximate surface area is 138 Å². The maximum Gasteiger partial charge on any atom is 0.408 e. The van der Waals surface area contributed by atoms with Crippen LogP contribution in [0.1, 0.15) is 6.42 Å². The highest BCUT2D eigenvalue weighted by molar-refractivity contribution is 6.42. The molecule has 1 aromatic rings. The summed E-state index contributed by atoms with van der Waals surface area (Å²) in [6.07, 6.45) is -0.261. The monoisotopic (exact) mass is 345 g/mol. The molecule has 1 amide bonds. The van der Waals surface area contributed by atoms with Gasteiger partial charge in [-0.1, -0.05) is 23.2 Å². The fourth-order valence-corrected chi connectivity index (χ4v) is 3.02. The molecule has 0 aromatic heterocycles. The summed E-state index contributed by atoms with van der Waals surface area (Å²) in [5, 5.41) is 13.3. The van der Waals surface area contributed by atoms with Crippen molar-refractivity contribution in [3.8, 4) is 0 Å². The van der Waals surface area contributed by atoms with Crippen LogP contribution in [-0.2, 0) is 4.79 Å². The van der Waals surface area contributed by atoms with Crippen molar-refractivity contribution in [3.05, 3.63) is 28.2 Å². The maximum atomic E-state index is 11.5. The minimum absolute atomic E-state index is 0.0631. The Bertz CT molecular complexity index is 584. The lowest BCUT2D eigenvalue weighted by Gasteiger charge is -2.49. The number of carboxylic acid groups (broad SMARTS) is 1. The number of halogens is 2. The lowest BCUT2D eigenvalue weighted by molar-refractivity contribution is -0.110. The molecule has 120 valence electrons. The number of amides is 1. The van der Waals surface area contributed by atoms with E-state index in [1.807, 2.05) is 11.0 Å². The lowest BCUT2D eigenvalue weighted by Crippen LogP contribution is -2.69. The third-order valence-corrected chi connectivity index (χ3v) is 4.69. The molecule has 22 heavy (non-hydrogen) atoms. The Kier molecular flexibility index (Phi) is 5.16. The quantitative estimate of drug-likeness (QED) is 0.819. The van der Waals surface area contributed by atoms with Crippen LogP contribution in [0.15, 0.2) is 18.2 Å². The molecule has 1 aliphatic rings. The number of nitrogens with one attached hydrogen (secondary N) is 1. The lowest BCUT2D eigenvalue weighted by atomic mass is 10.0. The average molecular weight is 346 g/mol. The summed E-state index contributed by atoms with van der Waals surface area (Å²) in [7, 11) is 1.65. The van der Waals surface area contributed by atoms with E-state index in [1.165, 1.54) is 4.90 Å². The van der Waals surface area contributed by atoms with E-state index in [9.17, 15) is 14.7 Å². The number of nitrogens with zero attached hydrogens (tertiary/aromatic N) is 2. The molecule has 0 bridgehead atoms. The Balaban J connectivity index is 2.32. The van der Waals surface area contributed by atoms with Gasteiger partial charge < -0.3 is 14.8 Å². The van der Waals surface area contributed by atoms with E-state index in [4.69, 9.17) is 23.2 Å². The van der Waals surface area contributed by atoms with Crippen LogP contribution in [0.4, 0.5) is 10.5 Å². The van der Waals surface area contributed by atoms with E-state index >= 15 is 0 Å². The highest BCUT2D eigenvalue weighted by Crippen LogP contribution is 2.31. The van der Waals surface area contributed by atoms with Crippen LogP contribution in [-0.4, -0.2) is 54.7 Å². The van der Waals surface area contributed by atoms with Gasteiger partial charge in [0.2, 0.25) is 0 Å². The molecule has 0 aliphatic carbocycles. The summed E-state index contributed by atoms with van der Waals surface area (Å²) >= 11 is 12.0. The number of hydrogen-bond acceptors (Lipinski definition) is 4. The van der Waals surface area contributed by atoms with Gasteiger partial charge in [-0.3, -0.25) is 10.2 Å². The fraction of sp³-hybridized carbons (Fsp3) is 0.429. The molecule has 0 spiro atoms. The van der Waals surface area contributed by atoms with Crippen molar-refractivity contribution in [1.29, 1.82) is 0 Å². The van der Waals surface area contributed by atoms with E-state index in [0.29, 0.717) is 23.1 Å². The average Bonchev–Trinajstić information content (AvgIpc) is 2.50. The molecule has 2 rings (SSSR count). The molecule has 6 nitrogen and oxygen atoms in total. The zero-order chi connectivity index (χ0) is 16.3. The summed E-state index contributed by atoms with van der Waals surface area (Å²) in [5.74, 6) is 0. The number of aldehydes is 1. The second-order valence-electron chi connectivity index (χ2n) is 5.11. The number of benzene rings is 1. The van der Waals surface area contributed by atoms with Gasteiger partial charge in [0.05, 0.1) is 16.6 Å². The van der Waals surface area contributed by atoms with Gasteiger partial charge in [-0.05, 0) is 25.2 Å². The highest BCUT2D eigenvalue weighted by Gasteiger charge is 2.43. The van der Waals surface area contributed by atoms with E-state index in [0.717, 1.165) is 12.0 Å². The zero-order valence-corrected chi connectivity index (χ0v) is 13.6. The number of anilines is 1. The van der Waals surface area contributed by atoms with E-state index in [-0.39, 0.29) is 13.0 Å². The van der Waals surface area contributed by atoms with Crippen LogP contribution >= 0.6 is 23.2 Å². The zero-order valence-electron chi connectivity index (χ0n) is 12.1. The first-order valence-electron chi connectivity index (χ1n) is 6.76. The van der Waals surface area contributed by atoms with Crippen molar-refractivity contribution in [3.63, 3.8) is 0 Å². The van der Waals surface area contributed by atoms with Gasteiger partial charge in [0.25, 0.3) is 0 Å². The Morgan fingerprint density at radius 3 is 2.68 bits per heavy atom. The topological polar surface area (TPSA) is 72.9 Å². The third kappa shape index (κ3) is 3.14. The van der Waals surface area contributed by atoms with Gasteiger partial charge in [-0.2, -0.15) is 0 Å². The van der Waals surface area contributed by atoms with Gasteiger partial charge in [0.15, 0.2) is 0 Å². The van der Waals surface area contributed by atoms with Crippen molar-refractivity contribution < 1.29 is 14.7 Å². The second kappa shape index (κ2) is 6.73. The van der Waals surface area contributed by atoms with Gasteiger partial charge in [0.1, 0.15) is 11.9 Å². The molecule has 2 N–H and O–H groups in total. The molecular formula is C14H17Cl2N3O3. The number of hydrogen-bond donors (Lipinski definition) is 2. The first kappa shape index (κ1) is 16.9. The van der Waals surface area contributed by atoms with Crippen molar-refractivity contribution in [2.24, 2.45) is 0 Å². The predicted molar refractivity (Wildman–Crippen MR) is 85.9 cm³/mol. The molecule has 1 atom stereocenters. The van der Waals surface area contributed by atoms with E-state index in [1.54, 1.807) is 19.2 Å². The molecule has 1 aliphatic heterocycles. The normalized spacial score (nSPS) is 21.8. The molecule has 1 fully saturated rings. The maximum absolute atomic E-state index is 11.5. The number of piperazine rings is 1. The summed E-state index contributed by atoms with van der Waals surface area (Å²) in [6.45, 7) is 1.13. The van der Waals surface area contributed by atoms with Crippen LogP contribution in [0.3, 0.4) is 0 Å². The van der Waals surface area contributed by atoms with Crippen LogP contribution < -0.4 is 10.2 Å². The molecule has 8 heteroatoms. The van der Waals surface area contributed by atoms with Crippen LogP contribution in [0.25, 0.3) is 0 Å². The summed E-state index contributed by atoms with van der Waals surface area (Å²) < 4.78 is 0. The van der Waals surface area contributed by atoms with E-state index < -0.39 is 11.8 Å². The third-order valence-electron chi connectivity index (χ3n) is 3.95. The van der Waals surface area contributed by atoms with Crippen LogP contribution in [0.5, 0.6) is 0 Å². The number of carbonyl (C=O) groups is 2. The Morgan fingerprint density at radius 1 is 1.41 bits per heavy atom. The smallest absolute Gasteiger partial charge is 0.408 e. The van der Waals surface area contributed by atoms with Crippen molar-refractivity contribution in [2.75, 3.05) is 31.6 Å². The summed E-state index contributed by atoms with van der Waals surface area (Å²) in [5.41, 5.74) is -0.122. The first-order valence-corrected chi connectivity index (χ1v) is 7.52. The minimum Gasteiger partial charge on any atom is -0.465 e. The summed E-state index contributed by atoms with van der Waals surface area (Å²) in [4.78, 5) is 25.8. The standard InChI is InChI=1S/C14H17Cl2N3O3/c1-17-14(4-7-20)9-18(5-6-19(14)13(21)22)10-2-3-11(15)12(16)8-10/h2-3,7-8,17H,4-6,9H2,1H3,(H,21,22). The minimum atomic E-state index is -1.05. The number of likely N-dealkylation sites (N-methyl/N-ethyl adjacent to an activating group) is 1. The summed E-state index contributed by atoms with van der Waals surface area (Å²) in [6, 6.07) is 5.26. The van der Waals surface area contributed by atoms with Gasteiger partial charge in [-0.25, -0.2) is 4.79 Å². The second-order valence-corrected chi connectivity index (χ2v) is 5.92. The van der Waals surface area contributed by atoms with Gasteiger partial charge in [0, 0.05) is 25.2 Å². The van der Waals surface area contributed by atoms with Crippen molar-refractivity contribution in [2.45, 2.75) is 12.1 Å². The molecule has 0 saturated carbocycles. The number of rotatable bonds is 4. The molecule has 0 radical (unpaired) electrons. The Hall–Kier alpha value is -1.50. The Morgan fingerprint density at radius 2 is 2.14 bits per heavy atom. The van der Waals surface area contributed by atoms with E-state index in [2.05, 4.69) is 5.32 Å². The van der Waals surface area contributed by atoms with Crippen LogP contribution in [0.2, 0.25) is 10.0 Å². The first-order chi connectivity index (χ1) is 10.4. The largest absolute Gasteiger partial charge is 0.465 e. The van der Waals surface area contributed by atoms with Gasteiger partial charge in [-0.15, -0.1) is 0 Å². The molecule has 1 heterocycles. The van der Waals surface area contributed by atoms with Crippen LogP contribution in [0, 0.1) is 0 Å². The molecule has 1 unspecified atom stereocenters. The predicted octanol–water partition coefficient (Wildman–Crippen LogP) is 2.30. The fourth-order valence-electron chi connectivity index (χ4n) is 2.72. The SMILES string of the molecule is CNC1(CC=O)CN(c2ccc(Cl)c(Cl)c2)CCN1C(=O)O. The highest BCUT2D eigenvalue weighted by atomic mass is 35.5. The molecular weight excluding hydrogens is 329 g/mol. The van der Waals surface area contributed by atoms with Crippen molar-refractivity contribution in [1.82, 2.24) is 10.2 Å². The van der Waals surface area contributed by atoms with Gasteiger partial charge >= 0.3 is 6.09 Å². The molecule has 1 saturated heterocycles. The number of carbonyl (C=O) groups excluding carboxylic acids is 1. The van der Waals surface area contributed by atoms with Crippen molar-refractivity contribution >= 4 is 41.3 Å². The molecule has 1 aromatic carbocycles.